The van der Waals surface area contributed by atoms with Gasteiger partial charge in [-0.3, -0.25) is 5.10 Å². The standard InChI is InChI=1S/C18H18BrN5/c1-18(2,12-6-4-3-5-7-12)11-20-16-22-17-21-14-10-13(19)8-9-15(14)24(17)23-16/h3-10H,11H2,1-2H3,(H2,20,21,22,23). The molecule has 0 amide bonds. The van der Waals surface area contributed by atoms with Crippen LogP contribution in [0.5, 0.6) is 0 Å². The highest BCUT2D eigenvalue weighted by Gasteiger charge is 2.21. The van der Waals surface area contributed by atoms with E-state index in [1.54, 1.807) is 0 Å². The molecule has 0 aliphatic heterocycles. The minimum Gasteiger partial charge on any atom is -0.354 e. The molecular formula is C18H18BrN5. The molecule has 0 aliphatic rings. The molecule has 0 atom stereocenters. The van der Waals surface area contributed by atoms with Gasteiger partial charge in [-0.1, -0.05) is 60.1 Å². The SMILES string of the molecule is CC(C)(CNc1nc2nc3cc(Br)ccc3n2[nH]1)c1ccccc1. The fourth-order valence-corrected chi connectivity index (χ4v) is 3.18. The van der Waals surface area contributed by atoms with Gasteiger partial charge >= 0.3 is 0 Å². The Labute approximate surface area is 148 Å². The molecule has 0 saturated carbocycles. The van der Waals surface area contributed by atoms with Crippen LogP contribution in [-0.4, -0.2) is 26.1 Å². The van der Waals surface area contributed by atoms with Crippen molar-refractivity contribution >= 4 is 38.7 Å². The van der Waals surface area contributed by atoms with Crippen LogP contribution in [-0.2, 0) is 5.41 Å². The molecule has 5 nitrogen and oxygen atoms in total. The van der Waals surface area contributed by atoms with Crippen molar-refractivity contribution < 1.29 is 0 Å². The summed E-state index contributed by atoms with van der Waals surface area (Å²) in [6.07, 6.45) is 0. The molecule has 0 radical (unpaired) electrons. The summed E-state index contributed by atoms with van der Waals surface area (Å²) < 4.78 is 2.92. The monoisotopic (exact) mass is 383 g/mol. The maximum Gasteiger partial charge on any atom is 0.253 e. The Kier molecular flexibility index (Phi) is 3.57. The van der Waals surface area contributed by atoms with E-state index < -0.39 is 0 Å². The van der Waals surface area contributed by atoms with Crippen molar-refractivity contribution in [2.24, 2.45) is 0 Å². The molecular weight excluding hydrogens is 366 g/mol. The summed E-state index contributed by atoms with van der Waals surface area (Å²) in [7, 11) is 0. The summed E-state index contributed by atoms with van der Waals surface area (Å²) in [5.74, 6) is 1.40. The van der Waals surface area contributed by atoms with Gasteiger partial charge in [0.15, 0.2) is 0 Å². The van der Waals surface area contributed by atoms with E-state index in [-0.39, 0.29) is 5.41 Å². The Morgan fingerprint density at radius 2 is 1.92 bits per heavy atom. The smallest absolute Gasteiger partial charge is 0.253 e. The van der Waals surface area contributed by atoms with Crippen molar-refractivity contribution in [3.8, 4) is 0 Å². The van der Waals surface area contributed by atoms with Crippen LogP contribution in [0.2, 0.25) is 0 Å². The van der Waals surface area contributed by atoms with Crippen molar-refractivity contribution in [2.75, 3.05) is 11.9 Å². The molecule has 0 spiro atoms. The molecule has 24 heavy (non-hydrogen) atoms. The van der Waals surface area contributed by atoms with Crippen LogP contribution in [0.4, 0.5) is 5.95 Å². The Bertz CT molecular complexity index is 1000. The van der Waals surface area contributed by atoms with Crippen LogP contribution in [0.3, 0.4) is 0 Å². The van der Waals surface area contributed by atoms with E-state index in [1.807, 2.05) is 28.8 Å². The molecule has 122 valence electrons. The Balaban J connectivity index is 1.59. The fraction of sp³-hybridized carbons (Fsp3) is 0.222. The predicted molar refractivity (Wildman–Crippen MR) is 101 cm³/mol. The first-order valence-electron chi connectivity index (χ1n) is 7.86. The molecule has 6 heteroatoms. The van der Waals surface area contributed by atoms with E-state index in [2.05, 4.69) is 74.4 Å². The lowest BCUT2D eigenvalue weighted by molar-refractivity contribution is 0.555. The number of rotatable bonds is 4. The van der Waals surface area contributed by atoms with Crippen molar-refractivity contribution in [2.45, 2.75) is 19.3 Å². The van der Waals surface area contributed by atoms with E-state index in [9.17, 15) is 0 Å². The zero-order chi connectivity index (χ0) is 16.7. The lowest BCUT2D eigenvalue weighted by Crippen LogP contribution is -2.27. The number of aromatic nitrogens is 4. The largest absolute Gasteiger partial charge is 0.354 e. The number of hydrogen-bond acceptors (Lipinski definition) is 3. The van der Waals surface area contributed by atoms with Crippen molar-refractivity contribution in [3.63, 3.8) is 0 Å². The number of imidazole rings is 1. The lowest BCUT2D eigenvalue weighted by atomic mass is 9.85. The lowest BCUT2D eigenvalue weighted by Gasteiger charge is -2.25. The average molecular weight is 384 g/mol. The number of anilines is 1. The summed E-state index contributed by atoms with van der Waals surface area (Å²) >= 11 is 3.47. The first-order chi connectivity index (χ1) is 11.5. The zero-order valence-corrected chi connectivity index (χ0v) is 15.1. The van der Waals surface area contributed by atoms with Gasteiger partial charge in [0.05, 0.1) is 11.0 Å². The number of halogens is 1. The third-order valence-corrected chi connectivity index (χ3v) is 4.77. The van der Waals surface area contributed by atoms with Gasteiger partial charge in [-0.15, -0.1) is 0 Å². The van der Waals surface area contributed by atoms with E-state index in [0.29, 0.717) is 5.78 Å². The Hall–Kier alpha value is -2.34. The second-order valence-electron chi connectivity index (χ2n) is 6.56. The molecule has 2 aromatic carbocycles. The van der Waals surface area contributed by atoms with E-state index in [4.69, 9.17) is 0 Å². The highest BCUT2D eigenvalue weighted by Crippen LogP contribution is 2.24. The van der Waals surface area contributed by atoms with Crippen molar-refractivity contribution in [1.82, 2.24) is 19.6 Å². The molecule has 0 fully saturated rings. The van der Waals surface area contributed by atoms with Gasteiger partial charge in [-0.25, -0.2) is 9.50 Å². The minimum atomic E-state index is 0.00305. The maximum atomic E-state index is 4.55. The summed E-state index contributed by atoms with van der Waals surface area (Å²) in [6.45, 7) is 5.21. The van der Waals surface area contributed by atoms with Gasteiger partial charge < -0.3 is 5.32 Å². The molecule has 2 N–H and O–H groups in total. The third kappa shape index (κ3) is 2.67. The summed E-state index contributed by atoms with van der Waals surface area (Å²) in [4.78, 5) is 9.10. The topological polar surface area (TPSA) is 58.0 Å². The molecule has 0 aliphatic carbocycles. The maximum absolute atomic E-state index is 4.55. The minimum absolute atomic E-state index is 0.00305. The molecule has 4 aromatic rings. The number of aromatic amines is 1. The van der Waals surface area contributed by atoms with Gasteiger partial charge in [0.1, 0.15) is 0 Å². The van der Waals surface area contributed by atoms with Crippen LogP contribution >= 0.6 is 15.9 Å². The average Bonchev–Trinajstić information content (AvgIpc) is 3.10. The first-order valence-corrected chi connectivity index (χ1v) is 8.65. The van der Waals surface area contributed by atoms with Gasteiger partial charge in [0.25, 0.3) is 5.78 Å². The van der Waals surface area contributed by atoms with Gasteiger partial charge in [-0.05, 0) is 23.8 Å². The van der Waals surface area contributed by atoms with E-state index in [0.717, 1.165) is 28.0 Å². The summed E-state index contributed by atoms with van der Waals surface area (Å²) in [5, 5.41) is 6.68. The van der Waals surface area contributed by atoms with Crippen LogP contribution in [0.15, 0.2) is 53.0 Å². The Morgan fingerprint density at radius 3 is 2.71 bits per heavy atom. The molecule has 0 saturated heterocycles. The molecule has 2 heterocycles. The predicted octanol–water partition coefficient (Wildman–Crippen LogP) is 4.36. The second kappa shape index (κ2) is 5.63. The van der Waals surface area contributed by atoms with Crippen molar-refractivity contribution in [1.29, 1.82) is 0 Å². The number of nitrogens with one attached hydrogen (secondary N) is 2. The molecule has 0 bridgehead atoms. The van der Waals surface area contributed by atoms with Crippen LogP contribution in [0, 0.1) is 0 Å². The van der Waals surface area contributed by atoms with Gasteiger partial charge in [-0.2, -0.15) is 4.98 Å². The Morgan fingerprint density at radius 1 is 1.12 bits per heavy atom. The third-order valence-electron chi connectivity index (χ3n) is 4.28. The first kappa shape index (κ1) is 15.2. The summed E-state index contributed by atoms with van der Waals surface area (Å²) in [5.41, 5.74) is 3.22. The normalized spacial score (nSPS) is 12.1. The van der Waals surface area contributed by atoms with Crippen LogP contribution in [0.1, 0.15) is 19.4 Å². The highest BCUT2D eigenvalue weighted by molar-refractivity contribution is 9.10. The van der Waals surface area contributed by atoms with E-state index in [1.165, 1.54) is 5.56 Å². The molecule has 4 rings (SSSR count). The van der Waals surface area contributed by atoms with E-state index >= 15 is 0 Å². The number of benzene rings is 2. The number of H-pyrrole nitrogens is 1. The second-order valence-corrected chi connectivity index (χ2v) is 7.47. The van der Waals surface area contributed by atoms with Crippen LogP contribution < -0.4 is 5.32 Å². The number of nitrogens with zero attached hydrogens (tertiary/aromatic N) is 3. The molecule has 0 unspecified atom stereocenters. The number of hydrogen-bond donors (Lipinski definition) is 2. The zero-order valence-electron chi connectivity index (χ0n) is 13.5. The van der Waals surface area contributed by atoms with Gasteiger partial charge in [0.2, 0.25) is 5.95 Å². The number of fused-ring (bicyclic) bond motifs is 3. The summed E-state index contributed by atoms with van der Waals surface area (Å²) in [6, 6.07) is 16.5. The molecule has 2 aromatic heterocycles. The quantitative estimate of drug-likeness (QED) is 0.550. The fourth-order valence-electron chi connectivity index (χ4n) is 2.83. The highest BCUT2D eigenvalue weighted by atomic mass is 79.9. The van der Waals surface area contributed by atoms with Crippen LogP contribution in [0.25, 0.3) is 16.8 Å². The van der Waals surface area contributed by atoms with Crippen molar-refractivity contribution in [3.05, 3.63) is 58.6 Å². The van der Waals surface area contributed by atoms with Gasteiger partial charge in [0, 0.05) is 16.4 Å².